The Morgan fingerprint density at radius 2 is 2.27 bits per heavy atom. The van der Waals surface area contributed by atoms with Crippen LogP contribution in [0.1, 0.15) is 18.4 Å². The van der Waals surface area contributed by atoms with Gasteiger partial charge in [0.15, 0.2) is 0 Å². The minimum Gasteiger partial charge on any atom is -0.340 e. The van der Waals surface area contributed by atoms with Gasteiger partial charge in [-0.3, -0.25) is 0 Å². The second-order valence-electron chi connectivity index (χ2n) is 3.97. The zero-order chi connectivity index (χ0) is 10.3. The SMILES string of the molecule is N#C[C@@H]1CCC2=Nc3ccccc3CN21. The van der Waals surface area contributed by atoms with Crippen molar-refractivity contribution in [2.45, 2.75) is 25.4 Å². The maximum Gasteiger partial charge on any atom is 0.118 e. The highest BCUT2D eigenvalue weighted by molar-refractivity contribution is 5.89. The van der Waals surface area contributed by atoms with E-state index in [1.807, 2.05) is 18.2 Å². The quantitative estimate of drug-likeness (QED) is 0.639. The zero-order valence-electron chi connectivity index (χ0n) is 8.35. The van der Waals surface area contributed by atoms with Gasteiger partial charge in [0, 0.05) is 13.0 Å². The number of nitriles is 1. The summed E-state index contributed by atoms with van der Waals surface area (Å²) in [5.74, 6) is 1.08. The van der Waals surface area contributed by atoms with Crippen molar-refractivity contribution in [2.24, 2.45) is 4.99 Å². The minimum atomic E-state index is 0.0251. The molecular formula is C12H11N3. The summed E-state index contributed by atoms with van der Waals surface area (Å²) >= 11 is 0. The number of para-hydroxylation sites is 1. The third-order valence-electron chi connectivity index (χ3n) is 3.08. The molecule has 1 atom stereocenters. The molecule has 1 fully saturated rings. The molecular weight excluding hydrogens is 186 g/mol. The van der Waals surface area contributed by atoms with Gasteiger partial charge in [0.25, 0.3) is 0 Å². The zero-order valence-corrected chi connectivity index (χ0v) is 8.35. The fourth-order valence-electron chi connectivity index (χ4n) is 2.28. The standard InChI is InChI=1S/C12H11N3/c13-7-10-5-6-12-14-11-4-2-1-3-9(11)8-15(10)12/h1-4,10H,5-6,8H2/t10-/m0/s1. The van der Waals surface area contributed by atoms with Crippen LogP contribution in [0.25, 0.3) is 0 Å². The van der Waals surface area contributed by atoms with Gasteiger partial charge < -0.3 is 4.90 Å². The van der Waals surface area contributed by atoms with E-state index in [2.05, 4.69) is 22.0 Å². The van der Waals surface area contributed by atoms with Gasteiger partial charge in [0.05, 0.1) is 11.8 Å². The van der Waals surface area contributed by atoms with Crippen LogP contribution in [0.15, 0.2) is 29.3 Å². The number of benzene rings is 1. The van der Waals surface area contributed by atoms with Crippen LogP contribution in [0.3, 0.4) is 0 Å². The fraction of sp³-hybridized carbons (Fsp3) is 0.333. The van der Waals surface area contributed by atoms with Crippen LogP contribution in [0.5, 0.6) is 0 Å². The average molecular weight is 197 g/mol. The third-order valence-corrected chi connectivity index (χ3v) is 3.08. The lowest BCUT2D eigenvalue weighted by atomic mass is 10.1. The fourth-order valence-corrected chi connectivity index (χ4v) is 2.28. The molecule has 3 rings (SSSR count). The molecule has 0 bridgehead atoms. The first kappa shape index (κ1) is 8.49. The van der Waals surface area contributed by atoms with Crippen molar-refractivity contribution in [3.63, 3.8) is 0 Å². The summed E-state index contributed by atoms with van der Waals surface area (Å²) < 4.78 is 0. The first-order valence-electron chi connectivity index (χ1n) is 5.20. The molecule has 1 aromatic rings. The number of nitrogens with zero attached hydrogens (tertiary/aromatic N) is 3. The largest absolute Gasteiger partial charge is 0.340 e. The molecule has 0 amide bonds. The highest BCUT2D eigenvalue weighted by Crippen LogP contribution is 2.32. The van der Waals surface area contributed by atoms with Gasteiger partial charge in [-0.1, -0.05) is 18.2 Å². The highest BCUT2D eigenvalue weighted by atomic mass is 15.2. The van der Waals surface area contributed by atoms with E-state index in [9.17, 15) is 0 Å². The van der Waals surface area contributed by atoms with E-state index >= 15 is 0 Å². The summed E-state index contributed by atoms with van der Waals surface area (Å²) in [6.07, 6.45) is 1.86. The smallest absolute Gasteiger partial charge is 0.118 e. The van der Waals surface area contributed by atoms with Crippen molar-refractivity contribution in [3.05, 3.63) is 29.8 Å². The molecule has 74 valence electrons. The molecule has 3 nitrogen and oxygen atoms in total. The molecule has 0 radical (unpaired) electrons. The van der Waals surface area contributed by atoms with Gasteiger partial charge in [0.2, 0.25) is 0 Å². The highest BCUT2D eigenvalue weighted by Gasteiger charge is 2.31. The van der Waals surface area contributed by atoms with Crippen LogP contribution in [-0.2, 0) is 6.54 Å². The van der Waals surface area contributed by atoms with Gasteiger partial charge in [-0.25, -0.2) is 4.99 Å². The Bertz CT molecular complexity index is 470. The molecule has 0 N–H and O–H groups in total. The predicted octanol–water partition coefficient (Wildman–Crippen LogP) is 2.22. The lowest BCUT2D eigenvalue weighted by Crippen LogP contribution is -2.33. The molecule has 0 aromatic heterocycles. The summed E-state index contributed by atoms with van der Waals surface area (Å²) in [5, 5.41) is 9.01. The summed E-state index contributed by atoms with van der Waals surface area (Å²) in [7, 11) is 0. The summed E-state index contributed by atoms with van der Waals surface area (Å²) in [4.78, 5) is 6.72. The first-order valence-corrected chi connectivity index (χ1v) is 5.20. The summed E-state index contributed by atoms with van der Waals surface area (Å²) in [6.45, 7) is 0.841. The van der Waals surface area contributed by atoms with Crippen LogP contribution < -0.4 is 0 Å². The normalized spacial score (nSPS) is 22.7. The molecule has 0 saturated carbocycles. The molecule has 2 heterocycles. The van der Waals surface area contributed by atoms with E-state index in [0.717, 1.165) is 30.9 Å². The van der Waals surface area contributed by atoms with E-state index in [-0.39, 0.29) is 6.04 Å². The van der Waals surface area contributed by atoms with Crippen LogP contribution in [0.4, 0.5) is 5.69 Å². The van der Waals surface area contributed by atoms with Crippen molar-refractivity contribution >= 4 is 11.5 Å². The Hall–Kier alpha value is -1.82. The molecule has 15 heavy (non-hydrogen) atoms. The third kappa shape index (κ3) is 1.22. The van der Waals surface area contributed by atoms with Gasteiger partial charge >= 0.3 is 0 Å². The second kappa shape index (κ2) is 3.09. The minimum absolute atomic E-state index is 0.0251. The Morgan fingerprint density at radius 3 is 3.13 bits per heavy atom. The summed E-state index contributed by atoms with van der Waals surface area (Å²) in [6, 6.07) is 10.5. The van der Waals surface area contributed by atoms with Gasteiger partial charge in [-0.05, 0) is 18.1 Å². The number of hydrogen-bond acceptors (Lipinski definition) is 3. The van der Waals surface area contributed by atoms with Crippen LogP contribution in [0, 0.1) is 11.3 Å². The number of amidine groups is 1. The lowest BCUT2D eigenvalue weighted by Gasteiger charge is -2.27. The van der Waals surface area contributed by atoms with E-state index in [4.69, 9.17) is 5.26 Å². The van der Waals surface area contributed by atoms with E-state index in [1.54, 1.807) is 0 Å². The van der Waals surface area contributed by atoms with Gasteiger partial charge in [0.1, 0.15) is 11.9 Å². The van der Waals surface area contributed by atoms with Crippen molar-refractivity contribution in [2.75, 3.05) is 0 Å². The molecule has 0 spiro atoms. The van der Waals surface area contributed by atoms with Gasteiger partial charge in [-0.2, -0.15) is 5.26 Å². The van der Waals surface area contributed by atoms with Crippen molar-refractivity contribution in [3.8, 4) is 6.07 Å². The van der Waals surface area contributed by atoms with E-state index in [0.29, 0.717) is 0 Å². The molecule has 0 unspecified atom stereocenters. The Kier molecular flexibility index (Phi) is 1.75. The number of hydrogen-bond donors (Lipinski definition) is 0. The number of aliphatic imine (C=N–C) groups is 1. The monoisotopic (exact) mass is 197 g/mol. The van der Waals surface area contributed by atoms with Gasteiger partial charge in [-0.15, -0.1) is 0 Å². The molecule has 1 aromatic carbocycles. The second-order valence-corrected chi connectivity index (χ2v) is 3.97. The lowest BCUT2D eigenvalue weighted by molar-refractivity contribution is 0.382. The molecule has 2 aliphatic rings. The molecule has 2 aliphatic heterocycles. The maximum atomic E-state index is 9.01. The molecule has 3 heteroatoms. The number of fused-ring (bicyclic) bond motifs is 2. The van der Waals surface area contributed by atoms with Crippen LogP contribution >= 0.6 is 0 Å². The van der Waals surface area contributed by atoms with E-state index < -0.39 is 0 Å². The Morgan fingerprint density at radius 1 is 1.40 bits per heavy atom. The topological polar surface area (TPSA) is 39.4 Å². The van der Waals surface area contributed by atoms with Crippen LogP contribution in [0.2, 0.25) is 0 Å². The maximum absolute atomic E-state index is 9.01. The van der Waals surface area contributed by atoms with Crippen molar-refractivity contribution < 1.29 is 0 Å². The first-order chi connectivity index (χ1) is 7.38. The average Bonchev–Trinajstić information content (AvgIpc) is 2.68. The van der Waals surface area contributed by atoms with E-state index in [1.165, 1.54) is 5.56 Å². The summed E-state index contributed by atoms with van der Waals surface area (Å²) in [5.41, 5.74) is 2.30. The van der Waals surface area contributed by atoms with Crippen LogP contribution in [-0.4, -0.2) is 16.8 Å². The Balaban J connectivity index is 2.04. The Labute approximate surface area is 88.7 Å². The molecule has 0 aliphatic carbocycles. The number of rotatable bonds is 0. The molecule has 1 saturated heterocycles. The van der Waals surface area contributed by atoms with Crippen molar-refractivity contribution in [1.82, 2.24) is 4.90 Å². The predicted molar refractivity (Wildman–Crippen MR) is 57.7 cm³/mol. The van der Waals surface area contributed by atoms with Crippen molar-refractivity contribution in [1.29, 1.82) is 5.26 Å².